The molecule has 0 bridgehead atoms. The Hall–Kier alpha value is 0.310. The topological polar surface area (TPSA) is 20.2 Å². The van der Waals surface area contributed by atoms with Gasteiger partial charge in [-0.05, 0) is 25.2 Å². The van der Waals surface area contributed by atoms with Crippen molar-refractivity contribution in [1.82, 2.24) is 0 Å². The van der Waals surface area contributed by atoms with Gasteiger partial charge in [0.05, 0.1) is 0 Å². The third-order valence-corrected chi connectivity index (χ3v) is 4.84. The van der Waals surface area contributed by atoms with E-state index in [1.807, 2.05) is 0 Å². The lowest BCUT2D eigenvalue weighted by Crippen LogP contribution is -2.18. The molecule has 2 atom stereocenters. The number of thioether (sulfide) groups is 1. The minimum atomic E-state index is 0.342. The molecule has 0 aromatic carbocycles. The maximum Gasteiger partial charge on any atom is 0.0444 e. The largest absolute Gasteiger partial charge is 0.396 e. The number of hydrogen-bond acceptors (Lipinski definition) is 2. The van der Waals surface area contributed by atoms with E-state index in [0.717, 1.165) is 17.6 Å². The third kappa shape index (κ3) is 2.40. The Morgan fingerprint density at radius 1 is 1.58 bits per heavy atom. The van der Waals surface area contributed by atoms with Gasteiger partial charge in [-0.1, -0.05) is 20.8 Å². The molecular weight excluding hydrogens is 168 g/mol. The van der Waals surface area contributed by atoms with Crippen LogP contribution in [-0.4, -0.2) is 21.7 Å². The molecule has 12 heavy (non-hydrogen) atoms. The Balaban J connectivity index is 2.43. The van der Waals surface area contributed by atoms with Crippen LogP contribution in [0.15, 0.2) is 0 Å². The predicted octanol–water partition coefficient (Wildman–Crippen LogP) is 2.68. The van der Waals surface area contributed by atoms with E-state index in [-0.39, 0.29) is 0 Å². The zero-order chi connectivity index (χ0) is 9.19. The average molecular weight is 188 g/mol. The fourth-order valence-electron chi connectivity index (χ4n) is 1.82. The average Bonchev–Trinajstić information content (AvgIpc) is 2.33. The van der Waals surface area contributed by atoms with Crippen LogP contribution >= 0.6 is 11.8 Å². The summed E-state index contributed by atoms with van der Waals surface area (Å²) in [5.41, 5.74) is 0. The van der Waals surface area contributed by atoms with Crippen LogP contribution < -0.4 is 0 Å². The molecule has 1 rings (SSSR count). The molecule has 0 unspecified atom stereocenters. The van der Waals surface area contributed by atoms with Crippen LogP contribution in [0.3, 0.4) is 0 Å². The van der Waals surface area contributed by atoms with Crippen LogP contribution in [0.1, 0.15) is 40.0 Å². The Bertz CT molecular complexity index is 147. The van der Waals surface area contributed by atoms with E-state index in [1.165, 1.54) is 12.8 Å². The van der Waals surface area contributed by atoms with Gasteiger partial charge in [0.25, 0.3) is 0 Å². The van der Waals surface area contributed by atoms with Crippen LogP contribution in [0.4, 0.5) is 0 Å². The van der Waals surface area contributed by atoms with E-state index in [9.17, 15) is 0 Å². The molecule has 1 nitrogen and oxygen atoms in total. The van der Waals surface area contributed by atoms with Gasteiger partial charge in [0.1, 0.15) is 0 Å². The standard InChI is InChI=1S/C10H20OS/c1-8(2)9-4-5-10(3,12-9)6-7-11/h8-9,11H,4-7H2,1-3H3/t9-,10+/m0/s1. The fraction of sp³-hybridized carbons (Fsp3) is 1.00. The summed E-state index contributed by atoms with van der Waals surface area (Å²) in [7, 11) is 0. The SMILES string of the molecule is CC(C)[C@@H]1CC[C@](C)(CCO)S1. The van der Waals surface area contributed by atoms with Crippen LogP contribution in [0.2, 0.25) is 0 Å². The highest BCUT2D eigenvalue weighted by molar-refractivity contribution is 8.01. The van der Waals surface area contributed by atoms with Crippen LogP contribution in [0, 0.1) is 5.92 Å². The van der Waals surface area contributed by atoms with E-state index in [1.54, 1.807) is 0 Å². The Morgan fingerprint density at radius 2 is 2.25 bits per heavy atom. The van der Waals surface area contributed by atoms with E-state index in [4.69, 9.17) is 5.11 Å². The first-order valence-corrected chi connectivity index (χ1v) is 5.74. The molecular formula is C10H20OS. The summed E-state index contributed by atoms with van der Waals surface area (Å²) in [5, 5.41) is 9.72. The maximum absolute atomic E-state index is 8.90. The van der Waals surface area contributed by atoms with Gasteiger partial charge in [-0.2, -0.15) is 11.8 Å². The summed E-state index contributed by atoms with van der Waals surface area (Å²) >= 11 is 2.09. The van der Waals surface area contributed by atoms with E-state index in [0.29, 0.717) is 11.4 Å². The molecule has 0 spiro atoms. The lowest BCUT2D eigenvalue weighted by atomic mass is 9.98. The molecule has 72 valence electrons. The van der Waals surface area contributed by atoms with Crippen molar-refractivity contribution >= 4 is 11.8 Å². The molecule has 0 saturated carbocycles. The van der Waals surface area contributed by atoms with Crippen molar-refractivity contribution in [2.75, 3.05) is 6.61 Å². The van der Waals surface area contributed by atoms with Crippen LogP contribution in [0.5, 0.6) is 0 Å². The minimum Gasteiger partial charge on any atom is -0.396 e. The van der Waals surface area contributed by atoms with Gasteiger partial charge >= 0.3 is 0 Å². The van der Waals surface area contributed by atoms with Gasteiger partial charge in [0.15, 0.2) is 0 Å². The fourth-order valence-corrected chi connectivity index (χ4v) is 3.50. The first-order chi connectivity index (χ1) is 5.57. The smallest absolute Gasteiger partial charge is 0.0444 e. The van der Waals surface area contributed by atoms with Crippen molar-refractivity contribution in [3.05, 3.63) is 0 Å². The van der Waals surface area contributed by atoms with Crippen molar-refractivity contribution in [3.8, 4) is 0 Å². The predicted molar refractivity (Wildman–Crippen MR) is 55.6 cm³/mol. The third-order valence-electron chi connectivity index (χ3n) is 2.78. The Kier molecular flexibility index (Phi) is 3.47. The zero-order valence-electron chi connectivity index (χ0n) is 8.34. The van der Waals surface area contributed by atoms with Gasteiger partial charge in [-0.25, -0.2) is 0 Å². The molecule has 1 N–H and O–H groups in total. The second-order valence-corrected chi connectivity index (χ2v) is 6.19. The monoisotopic (exact) mass is 188 g/mol. The van der Waals surface area contributed by atoms with E-state index < -0.39 is 0 Å². The first kappa shape index (κ1) is 10.4. The van der Waals surface area contributed by atoms with Crippen molar-refractivity contribution in [1.29, 1.82) is 0 Å². The highest BCUT2D eigenvalue weighted by atomic mass is 32.2. The molecule has 2 heteroatoms. The molecule has 1 fully saturated rings. The van der Waals surface area contributed by atoms with Crippen LogP contribution in [-0.2, 0) is 0 Å². The summed E-state index contributed by atoms with van der Waals surface area (Å²) < 4.78 is 0.365. The van der Waals surface area contributed by atoms with Crippen LogP contribution in [0.25, 0.3) is 0 Å². The summed E-state index contributed by atoms with van der Waals surface area (Å²) in [4.78, 5) is 0. The molecule has 0 aromatic heterocycles. The molecule has 0 aliphatic carbocycles. The summed E-state index contributed by atoms with van der Waals surface area (Å²) in [6, 6.07) is 0. The lowest BCUT2D eigenvalue weighted by Gasteiger charge is -2.23. The normalized spacial score (nSPS) is 36.2. The lowest BCUT2D eigenvalue weighted by molar-refractivity contribution is 0.270. The second kappa shape index (κ2) is 4.01. The van der Waals surface area contributed by atoms with Gasteiger partial charge in [0.2, 0.25) is 0 Å². The number of rotatable bonds is 3. The molecule has 1 aliphatic rings. The number of aliphatic hydroxyl groups is 1. The molecule has 1 aliphatic heterocycles. The van der Waals surface area contributed by atoms with Gasteiger partial charge < -0.3 is 5.11 Å². The summed E-state index contributed by atoms with van der Waals surface area (Å²) in [5.74, 6) is 0.788. The zero-order valence-corrected chi connectivity index (χ0v) is 9.16. The highest BCUT2D eigenvalue weighted by Gasteiger charge is 2.36. The maximum atomic E-state index is 8.90. The molecule has 0 aromatic rings. The van der Waals surface area contributed by atoms with E-state index in [2.05, 4.69) is 32.5 Å². The van der Waals surface area contributed by atoms with Gasteiger partial charge in [-0.15, -0.1) is 0 Å². The summed E-state index contributed by atoms with van der Waals surface area (Å²) in [6.07, 6.45) is 3.57. The molecule has 0 amide bonds. The molecule has 1 heterocycles. The van der Waals surface area contributed by atoms with Crippen molar-refractivity contribution < 1.29 is 5.11 Å². The van der Waals surface area contributed by atoms with Crippen molar-refractivity contribution in [2.45, 2.75) is 50.0 Å². The number of hydrogen-bond donors (Lipinski definition) is 1. The molecule has 0 radical (unpaired) electrons. The minimum absolute atomic E-state index is 0.342. The number of aliphatic hydroxyl groups excluding tert-OH is 1. The van der Waals surface area contributed by atoms with Gasteiger partial charge in [-0.3, -0.25) is 0 Å². The van der Waals surface area contributed by atoms with Crippen molar-refractivity contribution in [3.63, 3.8) is 0 Å². The summed E-state index contributed by atoms with van der Waals surface area (Å²) in [6.45, 7) is 7.22. The highest BCUT2D eigenvalue weighted by Crippen LogP contribution is 2.47. The molecule has 1 saturated heterocycles. The first-order valence-electron chi connectivity index (χ1n) is 4.86. The van der Waals surface area contributed by atoms with Gasteiger partial charge in [0, 0.05) is 16.6 Å². The second-order valence-electron chi connectivity index (χ2n) is 4.36. The van der Waals surface area contributed by atoms with Crippen molar-refractivity contribution in [2.24, 2.45) is 5.92 Å². The Morgan fingerprint density at radius 3 is 2.67 bits per heavy atom. The Labute approximate surface area is 79.9 Å². The van der Waals surface area contributed by atoms with E-state index >= 15 is 0 Å². The quantitative estimate of drug-likeness (QED) is 0.735.